The summed E-state index contributed by atoms with van der Waals surface area (Å²) in [7, 11) is 1.84. The summed E-state index contributed by atoms with van der Waals surface area (Å²) < 4.78 is 15.1. The van der Waals surface area contributed by atoms with Crippen LogP contribution in [0.5, 0.6) is 0 Å². The lowest BCUT2D eigenvalue weighted by Gasteiger charge is -2.16. The molecule has 1 heterocycles. The number of primary amides is 1. The van der Waals surface area contributed by atoms with Crippen molar-refractivity contribution in [1.29, 1.82) is 0 Å². The van der Waals surface area contributed by atoms with Gasteiger partial charge in [-0.05, 0) is 31.2 Å². The SMILES string of the molecule is CC(Nc1ccc(F)c(C(N)=O)c1)c1ccnn1C. The minimum absolute atomic E-state index is 0.0290. The van der Waals surface area contributed by atoms with Gasteiger partial charge in [-0.3, -0.25) is 9.48 Å². The van der Waals surface area contributed by atoms with Gasteiger partial charge in [-0.1, -0.05) is 0 Å². The van der Waals surface area contributed by atoms with Gasteiger partial charge in [0.15, 0.2) is 0 Å². The zero-order valence-electron chi connectivity index (χ0n) is 10.7. The molecular formula is C13H15FN4O. The number of aromatic nitrogens is 2. The van der Waals surface area contributed by atoms with Crippen molar-refractivity contribution < 1.29 is 9.18 Å². The molecule has 2 rings (SSSR count). The van der Waals surface area contributed by atoms with Crippen LogP contribution in [0.1, 0.15) is 29.0 Å². The highest BCUT2D eigenvalue weighted by molar-refractivity contribution is 5.94. The number of carbonyl (C=O) groups excluding carboxylic acids is 1. The molecule has 0 bridgehead atoms. The molecule has 2 aromatic rings. The van der Waals surface area contributed by atoms with Crippen molar-refractivity contribution in [3.63, 3.8) is 0 Å². The van der Waals surface area contributed by atoms with E-state index in [0.717, 1.165) is 5.69 Å². The topological polar surface area (TPSA) is 72.9 Å². The molecular weight excluding hydrogens is 247 g/mol. The third kappa shape index (κ3) is 2.73. The first-order chi connectivity index (χ1) is 8.99. The lowest BCUT2D eigenvalue weighted by molar-refractivity contribution is 0.0996. The van der Waals surface area contributed by atoms with Crippen molar-refractivity contribution in [1.82, 2.24) is 9.78 Å². The molecule has 6 heteroatoms. The Labute approximate surface area is 110 Å². The Morgan fingerprint density at radius 2 is 2.21 bits per heavy atom. The quantitative estimate of drug-likeness (QED) is 0.882. The summed E-state index contributed by atoms with van der Waals surface area (Å²) in [6.07, 6.45) is 1.70. The van der Waals surface area contributed by atoms with E-state index in [-0.39, 0.29) is 11.6 Å². The molecule has 100 valence electrons. The van der Waals surface area contributed by atoms with Crippen LogP contribution in [0, 0.1) is 5.82 Å². The molecule has 0 aliphatic carbocycles. The van der Waals surface area contributed by atoms with Crippen LogP contribution in [0.25, 0.3) is 0 Å². The number of rotatable bonds is 4. The minimum atomic E-state index is -0.783. The molecule has 1 aromatic carbocycles. The molecule has 1 amide bonds. The predicted octanol–water partition coefficient (Wildman–Crippen LogP) is 1.83. The van der Waals surface area contributed by atoms with Crippen molar-refractivity contribution in [2.45, 2.75) is 13.0 Å². The molecule has 5 nitrogen and oxygen atoms in total. The summed E-state index contributed by atoms with van der Waals surface area (Å²) >= 11 is 0. The van der Waals surface area contributed by atoms with Gasteiger partial charge in [0.1, 0.15) is 5.82 Å². The molecule has 1 atom stereocenters. The standard InChI is InChI=1S/C13H15FN4O/c1-8(12-5-6-16-18(12)2)17-9-3-4-11(14)10(7-9)13(15)19/h3-8,17H,1-2H3,(H2,15,19). The molecule has 0 saturated heterocycles. The van der Waals surface area contributed by atoms with Crippen molar-refractivity contribution in [2.24, 2.45) is 12.8 Å². The number of nitrogens with two attached hydrogens (primary N) is 1. The van der Waals surface area contributed by atoms with Gasteiger partial charge in [-0.15, -0.1) is 0 Å². The molecule has 1 aromatic heterocycles. The molecule has 0 aliphatic heterocycles. The number of benzene rings is 1. The summed E-state index contributed by atoms with van der Waals surface area (Å²) in [6, 6.07) is 6.05. The highest BCUT2D eigenvalue weighted by Crippen LogP contribution is 2.20. The maximum atomic E-state index is 13.4. The van der Waals surface area contributed by atoms with Crippen molar-refractivity contribution in [3.8, 4) is 0 Å². The first-order valence-electron chi connectivity index (χ1n) is 5.83. The van der Waals surface area contributed by atoms with Crippen LogP contribution >= 0.6 is 0 Å². The van der Waals surface area contributed by atoms with Crippen molar-refractivity contribution in [3.05, 3.63) is 47.5 Å². The van der Waals surface area contributed by atoms with E-state index in [9.17, 15) is 9.18 Å². The maximum Gasteiger partial charge on any atom is 0.251 e. The van der Waals surface area contributed by atoms with Crippen molar-refractivity contribution in [2.75, 3.05) is 5.32 Å². The van der Waals surface area contributed by atoms with Gasteiger partial charge >= 0.3 is 0 Å². The number of amides is 1. The van der Waals surface area contributed by atoms with Gasteiger partial charge in [0.2, 0.25) is 0 Å². The molecule has 0 aliphatic rings. The van der Waals surface area contributed by atoms with Gasteiger partial charge in [-0.25, -0.2) is 4.39 Å². The highest BCUT2D eigenvalue weighted by atomic mass is 19.1. The van der Waals surface area contributed by atoms with E-state index in [1.807, 2.05) is 20.0 Å². The van der Waals surface area contributed by atoms with Gasteiger partial charge in [-0.2, -0.15) is 5.10 Å². The van der Waals surface area contributed by atoms with E-state index in [1.165, 1.54) is 12.1 Å². The third-order valence-corrected chi connectivity index (χ3v) is 2.92. The average Bonchev–Trinajstić information content (AvgIpc) is 2.77. The highest BCUT2D eigenvalue weighted by Gasteiger charge is 2.12. The minimum Gasteiger partial charge on any atom is -0.377 e. The molecule has 0 spiro atoms. The van der Waals surface area contributed by atoms with E-state index < -0.39 is 11.7 Å². The lowest BCUT2D eigenvalue weighted by Crippen LogP contribution is -2.15. The fourth-order valence-electron chi connectivity index (χ4n) is 1.94. The predicted molar refractivity (Wildman–Crippen MR) is 70.2 cm³/mol. The molecule has 0 saturated carbocycles. The van der Waals surface area contributed by atoms with E-state index in [0.29, 0.717) is 5.69 Å². The van der Waals surface area contributed by atoms with E-state index in [2.05, 4.69) is 10.4 Å². The second kappa shape index (κ2) is 5.09. The first-order valence-corrected chi connectivity index (χ1v) is 5.83. The third-order valence-electron chi connectivity index (χ3n) is 2.92. The largest absolute Gasteiger partial charge is 0.377 e. The second-order valence-electron chi connectivity index (χ2n) is 4.30. The normalized spacial score (nSPS) is 12.2. The van der Waals surface area contributed by atoms with Gasteiger partial charge in [0.25, 0.3) is 5.91 Å². The fraction of sp³-hybridized carbons (Fsp3) is 0.231. The number of anilines is 1. The van der Waals surface area contributed by atoms with Crippen molar-refractivity contribution >= 4 is 11.6 Å². The maximum absolute atomic E-state index is 13.4. The number of nitrogens with one attached hydrogen (secondary N) is 1. The van der Waals surface area contributed by atoms with E-state index in [1.54, 1.807) is 16.9 Å². The number of nitrogens with zero attached hydrogens (tertiary/aromatic N) is 2. The molecule has 1 unspecified atom stereocenters. The van der Waals surface area contributed by atoms with E-state index >= 15 is 0 Å². The molecule has 0 radical (unpaired) electrons. The van der Waals surface area contributed by atoms with Crippen LogP contribution in [0.2, 0.25) is 0 Å². The van der Waals surface area contributed by atoms with Crippen LogP contribution in [0.3, 0.4) is 0 Å². The lowest BCUT2D eigenvalue weighted by atomic mass is 10.1. The Morgan fingerprint density at radius 3 is 2.79 bits per heavy atom. The summed E-state index contributed by atoms with van der Waals surface area (Å²) in [5, 5.41) is 7.25. The van der Waals surface area contributed by atoms with Crippen LogP contribution in [0.15, 0.2) is 30.5 Å². The Balaban J connectivity index is 2.22. The number of aryl methyl sites for hydroxylation is 1. The van der Waals surface area contributed by atoms with E-state index in [4.69, 9.17) is 5.73 Å². The summed E-state index contributed by atoms with van der Waals surface area (Å²) in [5.74, 6) is -1.40. The zero-order chi connectivity index (χ0) is 14.0. The Kier molecular flexibility index (Phi) is 3.50. The second-order valence-corrected chi connectivity index (χ2v) is 4.30. The monoisotopic (exact) mass is 262 g/mol. The van der Waals surface area contributed by atoms with Crippen LogP contribution in [-0.4, -0.2) is 15.7 Å². The molecule has 19 heavy (non-hydrogen) atoms. The molecule has 3 N–H and O–H groups in total. The number of carbonyl (C=O) groups is 1. The van der Waals surface area contributed by atoms with Gasteiger partial charge < -0.3 is 11.1 Å². The smallest absolute Gasteiger partial charge is 0.251 e. The Bertz CT molecular complexity index is 608. The molecule has 0 fully saturated rings. The van der Waals surface area contributed by atoms with Gasteiger partial charge in [0.05, 0.1) is 17.3 Å². The summed E-state index contributed by atoms with van der Waals surface area (Å²) in [4.78, 5) is 11.1. The zero-order valence-corrected chi connectivity index (χ0v) is 10.7. The average molecular weight is 262 g/mol. The van der Waals surface area contributed by atoms with Crippen LogP contribution in [0.4, 0.5) is 10.1 Å². The Hall–Kier alpha value is -2.37. The van der Waals surface area contributed by atoms with Crippen LogP contribution in [-0.2, 0) is 7.05 Å². The summed E-state index contributed by atoms with van der Waals surface area (Å²) in [5.41, 5.74) is 6.59. The number of hydrogen-bond acceptors (Lipinski definition) is 3. The number of halogens is 1. The van der Waals surface area contributed by atoms with Crippen LogP contribution < -0.4 is 11.1 Å². The fourth-order valence-corrected chi connectivity index (χ4v) is 1.94. The number of hydrogen-bond donors (Lipinski definition) is 2. The summed E-state index contributed by atoms with van der Waals surface area (Å²) in [6.45, 7) is 1.95. The van der Waals surface area contributed by atoms with Gasteiger partial charge in [0, 0.05) is 18.9 Å². The first kappa shape index (κ1) is 13.1. The Morgan fingerprint density at radius 1 is 1.47 bits per heavy atom.